The zero-order valence-corrected chi connectivity index (χ0v) is 11.5. The van der Waals surface area contributed by atoms with Crippen LogP contribution in [0.2, 0.25) is 5.02 Å². The fraction of sp³-hybridized carbons (Fsp3) is 0.571. The van der Waals surface area contributed by atoms with Crippen LogP contribution in [-0.2, 0) is 6.42 Å². The lowest BCUT2D eigenvalue weighted by atomic mass is 9.80. The molecule has 0 aromatic heterocycles. The zero-order valence-electron chi connectivity index (χ0n) is 10.7. The average molecular weight is 289 g/mol. The minimum Gasteiger partial charge on any atom is -0.271 e. The van der Waals surface area contributed by atoms with Gasteiger partial charge in [-0.1, -0.05) is 23.7 Å². The van der Waals surface area contributed by atoms with Crippen LogP contribution < -0.4 is 11.3 Å². The monoisotopic (exact) mass is 288 g/mol. The molecule has 1 aliphatic carbocycles. The quantitative estimate of drug-likeness (QED) is 0.657. The molecule has 5 heteroatoms. The number of nitrogens with two attached hydrogens (primary N) is 1. The molecule has 0 aliphatic heterocycles. The second-order valence-corrected chi connectivity index (χ2v) is 5.73. The van der Waals surface area contributed by atoms with Gasteiger partial charge in [0.2, 0.25) is 5.92 Å². The van der Waals surface area contributed by atoms with E-state index >= 15 is 0 Å². The normalized spacial score (nSPS) is 21.3. The van der Waals surface area contributed by atoms with Gasteiger partial charge in [-0.15, -0.1) is 0 Å². The molecular formula is C14H19ClF2N2. The van der Waals surface area contributed by atoms with E-state index in [1.807, 2.05) is 24.3 Å². The molecule has 0 saturated heterocycles. The van der Waals surface area contributed by atoms with E-state index in [4.69, 9.17) is 17.4 Å². The smallest absolute Gasteiger partial charge is 0.248 e. The molecule has 106 valence electrons. The standard InChI is InChI=1S/C14H19ClF2N2/c15-12-3-1-10(2-4-12)9-13(19-18)11-5-7-14(16,17)8-6-11/h1-4,11,13,19H,5-9,18H2. The molecule has 1 saturated carbocycles. The van der Waals surface area contributed by atoms with E-state index in [9.17, 15) is 8.78 Å². The minimum atomic E-state index is -2.49. The molecule has 2 nitrogen and oxygen atoms in total. The fourth-order valence-corrected chi connectivity index (χ4v) is 2.83. The molecule has 0 spiro atoms. The van der Waals surface area contributed by atoms with Crippen LogP contribution in [0.5, 0.6) is 0 Å². The minimum absolute atomic E-state index is 0.0313. The van der Waals surface area contributed by atoms with Gasteiger partial charge in [-0.25, -0.2) is 8.78 Å². The molecule has 0 radical (unpaired) electrons. The third-order valence-electron chi connectivity index (χ3n) is 3.91. The van der Waals surface area contributed by atoms with Gasteiger partial charge in [-0.05, 0) is 42.9 Å². The largest absolute Gasteiger partial charge is 0.271 e. The molecule has 1 atom stereocenters. The van der Waals surface area contributed by atoms with E-state index in [1.54, 1.807) is 0 Å². The average Bonchev–Trinajstić information content (AvgIpc) is 2.39. The maximum Gasteiger partial charge on any atom is 0.248 e. The van der Waals surface area contributed by atoms with Crippen molar-refractivity contribution in [3.63, 3.8) is 0 Å². The number of halogens is 3. The topological polar surface area (TPSA) is 38.0 Å². The third kappa shape index (κ3) is 4.13. The van der Waals surface area contributed by atoms with E-state index < -0.39 is 5.92 Å². The van der Waals surface area contributed by atoms with Crippen LogP contribution in [0.25, 0.3) is 0 Å². The molecular weight excluding hydrogens is 270 g/mol. The number of hydrazine groups is 1. The number of rotatable bonds is 4. The van der Waals surface area contributed by atoms with Crippen molar-refractivity contribution in [2.45, 2.75) is 44.1 Å². The number of nitrogens with one attached hydrogen (secondary N) is 1. The van der Waals surface area contributed by atoms with Gasteiger partial charge >= 0.3 is 0 Å². The van der Waals surface area contributed by atoms with E-state index in [1.165, 1.54) is 0 Å². The van der Waals surface area contributed by atoms with Gasteiger partial charge < -0.3 is 0 Å². The molecule has 1 aromatic carbocycles. The fourth-order valence-electron chi connectivity index (χ4n) is 2.70. The molecule has 1 fully saturated rings. The summed E-state index contributed by atoms with van der Waals surface area (Å²) in [6.07, 6.45) is 1.72. The molecule has 1 unspecified atom stereocenters. The van der Waals surface area contributed by atoms with Gasteiger partial charge in [-0.3, -0.25) is 11.3 Å². The van der Waals surface area contributed by atoms with E-state index in [0.29, 0.717) is 17.9 Å². The molecule has 1 aromatic rings. The number of benzene rings is 1. The molecule has 0 heterocycles. The molecule has 0 amide bonds. The van der Waals surface area contributed by atoms with Crippen molar-refractivity contribution in [3.8, 4) is 0 Å². The first-order chi connectivity index (χ1) is 9.00. The summed E-state index contributed by atoms with van der Waals surface area (Å²) >= 11 is 5.84. The highest BCUT2D eigenvalue weighted by molar-refractivity contribution is 6.30. The Balaban J connectivity index is 1.95. The van der Waals surface area contributed by atoms with Gasteiger partial charge in [0.1, 0.15) is 0 Å². The molecule has 3 N–H and O–H groups in total. The lowest BCUT2D eigenvalue weighted by Crippen LogP contribution is -2.44. The number of hydrogen-bond acceptors (Lipinski definition) is 2. The zero-order chi connectivity index (χ0) is 13.9. The van der Waals surface area contributed by atoms with Gasteiger partial charge in [0.15, 0.2) is 0 Å². The predicted octanol–water partition coefficient (Wildman–Crippen LogP) is 3.54. The maximum atomic E-state index is 13.2. The number of hydrogen-bond donors (Lipinski definition) is 2. The van der Waals surface area contributed by atoms with Crippen LogP contribution in [0.4, 0.5) is 8.78 Å². The first-order valence-electron chi connectivity index (χ1n) is 6.58. The van der Waals surface area contributed by atoms with Crippen LogP contribution in [0.15, 0.2) is 24.3 Å². The van der Waals surface area contributed by atoms with Crippen molar-refractivity contribution in [2.75, 3.05) is 0 Å². The van der Waals surface area contributed by atoms with Crippen molar-refractivity contribution in [3.05, 3.63) is 34.9 Å². The van der Waals surface area contributed by atoms with Gasteiger partial charge in [0.25, 0.3) is 0 Å². The Bertz CT molecular complexity index is 398. The van der Waals surface area contributed by atoms with Crippen LogP contribution in [0, 0.1) is 5.92 Å². The van der Waals surface area contributed by atoms with Crippen molar-refractivity contribution >= 4 is 11.6 Å². The van der Waals surface area contributed by atoms with Gasteiger partial charge in [0.05, 0.1) is 0 Å². The SMILES string of the molecule is NNC(Cc1ccc(Cl)cc1)C1CCC(F)(F)CC1. The predicted molar refractivity (Wildman–Crippen MR) is 73.2 cm³/mol. The first-order valence-corrected chi connectivity index (χ1v) is 6.96. The Kier molecular flexibility index (Phi) is 4.76. The van der Waals surface area contributed by atoms with Crippen LogP contribution >= 0.6 is 11.6 Å². The third-order valence-corrected chi connectivity index (χ3v) is 4.17. The number of alkyl halides is 2. The molecule has 19 heavy (non-hydrogen) atoms. The van der Waals surface area contributed by atoms with Crippen molar-refractivity contribution < 1.29 is 8.78 Å². The van der Waals surface area contributed by atoms with Gasteiger partial charge in [-0.2, -0.15) is 0 Å². The van der Waals surface area contributed by atoms with E-state index in [0.717, 1.165) is 12.0 Å². The van der Waals surface area contributed by atoms with Crippen molar-refractivity contribution in [1.82, 2.24) is 5.43 Å². The van der Waals surface area contributed by atoms with Crippen LogP contribution in [-0.4, -0.2) is 12.0 Å². The van der Waals surface area contributed by atoms with E-state index in [2.05, 4.69) is 5.43 Å². The summed E-state index contributed by atoms with van der Waals surface area (Å²) < 4.78 is 26.3. The molecule has 1 aliphatic rings. The Labute approximate surface area is 117 Å². The Morgan fingerprint density at radius 2 is 1.84 bits per heavy atom. The summed E-state index contributed by atoms with van der Waals surface area (Å²) in [7, 11) is 0. The molecule has 2 rings (SSSR count). The van der Waals surface area contributed by atoms with Gasteiger partial charge in [0, 0.05) is 23.9 Å². The summed E-state index contributed by atoms with van der Waals surface area (Å²) in [6, 6.07) is 7.60. The second-order valence-electron chi connectivity index (χ2n) is 5.30. The molecule has 0 bridgehead atoms. The highest BCUT2D eigenvalue weighted by atomic mass is 35.5. The highest BCUT2D eigenvalue weighted by Gasteiger charge is 2.37. The maximum absolute atomic E-state index is 13.2. The summed E-state index contributed by atoms with van der Waals surface area (Å²) in [5.74, 6) is 3.30. The highest BCUT2D eigenvalue weighted by Crippen LogP contribution is 2.37. The van der Waals surface area contributed by atoms with Crippen molar-refractivity contribution in [1.29, 1.82) is 0 Å². The summed E-state index contributed by atoms with van der Waals surface area (Å²) in [6.45, 7) is 0. The Morgan fingerprint density at radius 3 is 2.37 bits per heavy atom. The lowest BCUT2D eigenvalue weighted by Gasteiger charge is -2.33. The van der Waals surface area contributed by atoms with Crippen LogP contribution in [0.1, 0.15) is 31.2 Å². The first kappa shape index (κ1) is 14.7. The second kappa shape index (κ2) is 6.16. The van der Waals surface area contributed by atoms with Crippen LogP contribution in [0.3, 0.4) is 0 Å². The summed E-state index contributed by atoms with van der Waals surface area (Å²) in [5, 5.41) is 0.693. The van der Waals surface area contributed by atoms with Crippen molar-refractivity contribution in [2.24, 2.45) is 11.8 Å². The summed E-state index contributed by atoms with van der Waals surface area (Å²) in [4.78, 5) is 0. The van der Waals surface area contributed by atoms with E-state index in [-0.39, 0.29) is 24.8 Å². The Morgan fingerprint density at radius 1 is 1.26 bits per heavy atom. The lowest BCUT2D eigenvalue weighted by molar-refractivity contribution is -0.0495. The Hall–Kier alpha value is -0.710. The summed E-state index contributed by atoms with van der Waals surface area (Å²) in [5.41, 5.74) is 3.90.